The summed E-state index contributed by atoms with van der Waals surface area (Å²) in [5.41, 5.74) is 0.662. The number of ketones is 1. The molecule has 0 aliphatic heterocycles. The molecule has 0 saturated heterocycles. The van der Waals surface area contributed by atoms with Crippen molar-refractivity contribution in [2.24, 2.45) is 0 Å². The van der Waals surface area contributed by atoms with Crippen LogP contribution in [0.3, 0.4) is 0 Å². The first-order chi connectivity index (χ1) is 8.74. The molecule has 3 heteroatoms. The number of unbranched alkanes of at least 4 members (excludes halogenated alkanes) is 1. The van der Waals surface area contributed by atoms with Crippen molar-refractivity contribution in [2.75, 3.05) is 6.54 Å². The summed E-state index contributed by atoms with van der Waals surface area (Å²) in [7, 11) is 0. The number of carbonyl (C=O) groups excluding carboxylic acids is 2. The van der Waals surface area contributed by atoms with Crippen LogP contribution in [-0.4, -0.2) is 18.2 Å². The fourth-order valence-electron chi connectivity index (χ4n) is 1.68. The van der Waals surface area contributed by atoms with Crippen molar-refractivity contribution in [3.8, 4) is 0 Å². The van der Waals surface area contributed by atoms with Crippen LogP contribution in [0.25, 0.3) is 0 Å². The zero-order valence-electron chi connectivity index (χ0n) is 10.9. The minimum absolute atomic E-state index is 0.0726. The number of Topliss-reactive ketones (excluding diaryl/α,β-unsaturated/α-hetero) is 1. The summed E-state index contributed by atoms with van der Waals surface area (Å²) in [5, 5.41) is 2.82. The molecule has 0 atom stereocenters. The standard InChI is InChI=1S/C15H21NO2/c1-2-3-10-14(17)11-7-12-16-15(18)13-8-5-4-6-9-13/h4-6,8-9H,2-3,7,10-12H2,1H3,(H,16,18). The molecule has 0 heterocycles. The van der Waals surface area contributed by atoms with Gasteiger partial charge in [0.05, 0.1) is 0 Å². The maximum atomic E-state index is 11.7. The Morgan fingerprint density at radius 1 is 1.06 bits per heavy atom. The summed E-state index contributed by atoms with van der Waals surface area (Å²) in [5.74, 6) is 0.224. The van der Waals surface area contributed by atoms with Gasteiger partial charge in [0.15, 0.2) is 0 Å². The maximum Gasteiger partial charge on any atom is 0.251 e. The molecule has 1 aromatic carbocycles. The number of nitrogens with one attached hydrogen (secondary N) is 1. The van der Waals surface area contributed by atoms with Gasteiger partial charge < -0.3 is 5.32 Å². The Labute approximate surface area is 109 Å². The number of benzene rings is 1. The van der Waals surface area contributed by atoms with Crippen molar-refractivity contribution in [1.29, 1.82) is 0 Å². The maximum absolute atomic E-state index is 11.7. The molecule has 1 amide bonds. The first-order valence-corrected chi connectivity index (χ1v) is 6.59. The van der Waals surface area contributed by atoms with E-state index < -0.39 is 0 Å². The molecule has 0 unspecified atom stereocenters. The highest BCUT2D eigenvalue weighted by Crippen LogP contribution is 2.01. The monoisotopic (exact) mass is 247 g/mol. The van der Waals surface area contributed by atoms with E-state index in [-0.39, 0.29) is 5.91 Å². The summed E-state index contributed by atoms with van der Waals surface area (Å²) >= 11 is 0. The molecule has 0 saturated carbocycles. The van der Waals surface area contributed by atoms with Gasteiger partial charge in [0.1, 0.15) is 5.78 Å². The summed E-state index contributed by atoms with van der Waals surface area (Å²) in [4.78, 5) is 23.1. The zero-order chi connectivity index (χ0) is 13.2. The molecule has 0 bridgehead atoms. The molecule has 18 heavy (non-hydrogen) atoms. The molecular formula is C15H21NO2. The third-order valence-electron chi connectivity index (χ3n) is 2.76. The highest BCUT2D eigenvalue weighted by Gasteiger charge is 2.04. The lowest BCUT2D eigenvalue weighted by atomic mass is 10.1. The van der Waals surface area contributed by atoms with Gasteiger partial charge in [0.2, 0.25) is 0 Å². The molecule has 3 nitrogen and oxygen atoms in total. The van der Waals surface area contributed by atoms with Gasteiger partial charge in [-0.05, 0) is 25.0 Å². The molecule has 0 fully saturated rings. The van der Waals surface area contributed by atoms with Crippen LogP contribution in [0, 0.1) is 0 Å². The summed E-state index contributed by atoms with van der Waals surface area (Å²) in [6.45, 7) is 2.64. The normalized spacial score (nSPS) is 10.1. The van der Waals surface area contributed by atoms with Crippen LogP contribution in [0.4, 0.5) is 0 Å². The van der Waals surface area contributed by atoms with Gasteiger partial charge in [-0.3, -0.25) is 9.59 Å². The van der Waals surface area contributed by atoms with Crippen LogP contribution in [-0.2, 0) is 4.79 Å². The molecule has 0 aliphatic carbocycles. The SMILES string of the molecule is CCCCC(=O)CCCNC(=O)c1ccccc1. The van der Waals surface area contributed by atoms with Crippen molar-refractivity contribution in [3.05, 3.63) is 35.9 Å². The van der Waals surface area contributed by atoms with Gasteiger partial charge in [-0.25, -0.2) is 0 Å². The first-order valence-electron chi connectivity index (χ1n) is 6.59. The molecule has 0 aromatic heterocycles. The van der Waals surface area contributed by atoms with Gasteiger partial charge in [-0.2, -0.15) is 0 Å². The van der Waals surface area contributed by atoms with E-state index in [0.717, 1.165) is 19.3 Å². The summed E-state index contributed by atoms with van der Waals surface area (Å²) in [6, 6.07) is 9.11. The van der Waals surface area contributed by atoms with Crippen LogP contribution < -0.4 is 5.32 Å². The lowest BCUT2D eigenvalue weighted by Crippen LogP contribution is -2.24. The second kappa shape index (κ2) is 8.45. The fourth-order valence-corrected chi connectivity index (χ4v) is 1.68. The second-order valence-electron chi connectivity index (χ2n) is 4.37. The van der Waals surface area contributed by atoms with Crippen molar-refractivity contribution < 1.29 is 9.59 Å². The smallest absolute Gasteiger partial charge is 0.251 e. The Bertz CT molecular complexity index is 373. The average Bonchev–Trinajstić information content (AvgIpc) is 2.42. The lowest BCUT2D eigenvalue weighted by molar-refractivity contribution is -0.119. The van der Waals surface area contributed by atoms with E-state index in [9.17, 15) is 9.59 Å². The number of hydrogen-bond donors (Lipinski definition) is 1. The van der Waals surface area contributed by atoms with Crippen LogP contribution in [0.5, 0.6) is 0 Å². The third-order valence-corrected chi connectivity index (χ3v) is 2.76. The number of amides is 1. The molecular weight excluding hydrogens is 226 g/mol. The molecule has 1 rings (SSSR count). The van der Waals surface area contributed by atoms with Crippen molar-refractivity contribution in [2.45, 2.75) is 39.0 Å². The van der Waals surface area contributed by atoms with Gasteiger partial charge in [0, 0.05) is 24.9 Å². The van der Waals surface area contributed by atoms with Crippen molar-refractivity contribution in [3.63, 3.8) is 0 Å². The molecule has 1 N–H and O–H groups in total. The minimum Gasteiger partial charge on any atom is -0.352 e. The van der Waals surface area contributed by atoms with Crippen molar-refractivity contribution >= 4 is 11.7 Å². The highest BCUT2D eigenvalue weighted by atomic mass is 16.1. The van der Waals surface area contributed by atoms with Gasteiger partial charge in [-0.15, -0.1) is 0 Å². The van der Waals surface area contributed by atoms with Crippen LogP contribution in [0.1, 0.15) is 49.4 Å². The number of carbonyl (C=O) groups is 2. The van der Waals surface area contributed by atoms with Crippen LogP contribution >= 0.6 is 0 Å². The van der Waals surface area contributed by atoms with Crippen molar-refractivity contribution in [1.82, 2.24) is 5.32 Å². The fraction of sp³-hybridized carbons (Fsp3) is 0.467. The Balaban J connectivity index is 2.15. The minimum atomic E-state index is -0.0726. The van der Waals surface area contributed by atoms with Gasteiger partial charge in [0.25, 0.3) is 5.91 Å². The average molecular weight is 247 g/mol. The van der Waals surface area contributed by atoms with E-state index in [1.54, 1.807) is 12.1 Å². The van der Waals surface area contributed by atoms with Gasteiger partial charge in [-0.1, -0.05) is 31.5 Å². The van der Waals surface area contributed by atoms with E-state index >= 15 is 0 Å². The van der Waals surface area contributed by atoms with E-state index in [1.807, 2.05) is 18.2 Å². The molecule has 0 spiro atoms. The molecule has 1 aromatic rings. The predicted octanol–water partition coefficient (Wildman–Crippen LogP) is 2.96. The van der Waals surface area contributed by atoms with Crippen LogP contribution in [0.2, 0.25) is 0 Å². The van der Waals surface area contributed by atoms with Crippen LogP contribution in [0.15, 0.2) is 30.3 Å². The Morgan fingerprint density at radius 2 is 1.72 bits per heavy atom. The number of rotatable bonds is 8. The highest BCUT2D eigenvalue weighted by molar-refractivity contribution is 5.94. The number of hydrogen-bond acceptors (Lipinski definition) is 2. The summed E-state index contributed by atoms with van der Waals surface area (Å²) < 4.78 is 0. The third kappa shape index (κ3) is 5.62. The Hall–Kier alpha value is -1.64. The lowest BCUT2D eigenvalue weighted by Gasteiger charge is -2.04. The predicted molar refractivity (Wildman–Crippen MR) is 72.5 cm³/mol. The van der Waals surface area contributed by atoms with Gasteiger partial charge >= 0.3 is 0 Å². The van der Waals surface area contributed by atoms with E-state index in [0.29, 0.717) is 30.7 Å². The first kappa shape index (κ1) is 14.4. The quantitative estimate of drug-likeness (QED) is 0.718. The Kier molecular flexibility index (Phi) is 6.77. The molecule has 0 radical (unpaired) electrons. The van der Waals surface area contributed by atoms with E-state index in [4.69, 9.17) is 0 Å². The largest absolute Gasteiger partial charge is 0.352 e. The molecule has 0 aliphatic rings. The van der Waals surface area contributed by atoms with E-state index in [1.165, 1.54) is 0 Å². The zero-order valence-corrected chi connectivity index (χ0v) is 10.9. The molecule has 98 valence electrons. The Morgan fingerprint density at radius 3 is 2.39 bits per heavy atom. The van der Waals surface area contributed by atoms with E-state index in [2.05, 4.69) is 12.2 Å². The summed E-state index contributed by atoms with van der Waals surface area (Å²) in [6.07, 6.45) is 3.98. The topological polar surface area (TPSA) is 46.2 Å². The second-order valence-corrected chi connectivity index (χ2v) is 4.37.